The van der Waals surface area contributed by atoms with Crippen molar-refractivity contribution in [2.75, 3.05) is 13.6 Å². The van der Waals surface area contributed by atoms with E-state index in [0.717, 1.165) is 16.1 Å². The minimum absolute atomic E-state index is 0.0893. The molecule has 4 saturated carbocycles. The molecule has 0 heterocycles. The van der Waals surface area contributed by atoms with E-state index in [-0.39, 0.29) is 23.4 Å². The first-order valence-corrected chi connectivity index (χ1v) is 11.1. The van der Waals surface area contributed by atoms with Crippen molar-refractivity contribution >= 4 is 15.9 Å². The number of hydrogen-bond donors (Lipinski definition) is 1. The fraction of sp³-hybridized carbons (Fsp3) is 0.600. The minimum atomic E-state index is -3.76. The van der Waals surface area contributed by atoms with Gasteiger partial charge in [-0.05, 0) is 80.0 Å². The Morgan fingerprint density at radius 2 is 1.67 bits per heavy atom. The van der Waals surface area contributed by atoms with Gasteiger partial charge >= 0.3 is 0 Å². The van der Waals surface area contributed by atoms with Crippen molar-refractivity contribution in [1.29, 1.82) is 5.26 Å². The second-order valence-corrected chi connectivity index (χ2v) is 10.5. The molecule has 0 aliphatic heterocycles. The van der Waals surface area contributed by atoms with E-state index in [1.165, 1.54) is 63.4 Å². The summed E-state index contributed by atoms with van der Waals surface area (Å²) < 4.78 is 26.4. The fourth-order valence-corrected chi connectivity index (χ4v) is 6.69. The predicted octanol–water partition coefficient (Wildman–Crippen LogP) is 2.12. The summed E-state index contributed by atoms with van der Waals surface area (Å²) in [5.41, 5.74) is 0.399. The van der Waals surface area contributed by atoms with Crippen LogP contribution in [0.2, 0.25) is 0 Å². The zero-order valence-electron chi connectivity index (χ0n) is 15.5. The molecule has 6 nitrogen and oxygen atoms in total. The first-order chi connectivity index (χ1) is 12.9. The standard InChI is InChI=1S/C20H25N3O3S/c1-23(27(25,26)18-4-2-13(11-21)3-5-18)12-19(24)22-20-16-7-14-6-15(9-16)10-17(20)8-14/h2-5,14-17,20H,6-10,12H2,1H3,(H,22,24). The van der Waals surface area contributed by atoms with Gasteiger partial charge < -0.3 is 5.32 Å². The van der Waals surface area contributed by atoms with E-state index >= 15 is 0 Å². The van der Waals surface area contributed by atoms with Crippen LogP contribution in [-0.4, -0.2) is 38.3 Å². The van der Waals surface area contributed by atoms with E-state index in [9.17, 15) is 13.2 Å². The van der Waals surface area contributed by atoms with Gasteiger partial charge in [0.15, 0.2) is 0 Å². The van der Waals surface area contributed by atoms with Gasteiger partial charge in [-0.3, -0.25) is 4.79 Å². The molecular weight excluding hydrogens is 362 g/mol. The summed E-state index contributed by atoms with van der Waals surface area (Å²) >= 11 is 0. The average Bonchev–Trinajstić information content (AvgIpc) is 2.64. The van der Waals surface area contributed by atoms with Crippen LogP contribution in [0.1, 0.15) is 37.7 Å². The Hall–Kier alpha value is -1.91. The monoisotopic (exact) mass is 387 g/mol. The van der Waals surface area contributed by atoms with Crippen LogP contribution in [-0.2, 0) is 14.8 Å². The third-order valence-corrected chi connectivity index (χ3v) is 8.43. The number of nitrogens with zero attached hydrogens (tertiary/aromatic N) is 2. The third kappa shape index (κ3) is 3.48. The highest BCUT2D eigenvalue weighted by atomic mass is 32.2. The number of amides is 1. The highest BCUT2D eigenvalue weighted by Gasteiger charge is 2.48. The SMILES string of the molecule is CN(CC(=O)NC1C2CC3CC(C2)CC1C3)S(=O)(=O)c1ccc(C#N)cc1. The molecule has 0 saturated heterocycles. The summed E-state index contributed by atoms with van der Waals surface area (Å²) in [5.74, 6) is 2.56. The average molecular weight is 388 g/mol. The van der Waals surface area contributed by atoms with Crippen molar-refractivity contribution < 1.29 is 13.2 Å². The maximum Gasteiger partial charge on any atom is 0.243 e. The van der Waals surface area contributed by atoms with E-state index in [2.05, 4.69) is 5.32 Å². The molecule has 1 aromatic carbocycles. The van der Waals surface area contributed by atoms with Crippen LogP contribution >= 0.6 is 0 Å². The molecule has 0 unspecified atom stereocenters. The molecule has 0 aromatic heterocycles. The molecular formula is C20H25N3O3S. The molecule has 5 rings (SSSR count). The normalized spacial score (nSPS) is 31.7. The van der Waals surface area contributed by atoms with E-state index in [1.54, 1.807) is 0 Å². The number of carbonyl (C=O) groups is 1. The van der Waals surface area contributed by atoms with Crippen LogP contribution in [0, 0.1) is 35.0 Å². The van der Waals surface area contributed by atoms with Crippen LogP contribution < -0.4 is 5.32 Å². The molecule has 4 bridgehead atoms. The Labute approximate surface area is 160 Å². The molecule has 4 aliphatic rings. The predicted molar refractivity (Wildman–Crippen MR) is 99.9 cm³/mol. The number of rotatable bonds is 5. The number of likely N-dealkylation sites (N-methyl/N-ethyl adjacent to an activating group) is 1. The second-order valence-electron chi connectivity index (χ2n) is 8.42. The Bertz CT molecular complexity index is 845. The van der Waals surface area contributed by atoms with Gasteiger partial charge in [-0.25, -0.2) is 8.42 Å². The Morgan fingerprint density at radius 1 is 1.11 bits per heavy atom. The number of nitrogens with one attached hydrogen (secondary N) is 1. The highest BCUT2D eigenvalue weighted by Crippen LogP contribution is 2.53. The van der Waals surface area contributed by atoms with Gasteiger partial charge in [-0.1, -0.05) is 0 Å². The van der Waals surface area contributed by atoms with E-state index in [1.807, 2.05) is 6.07 Å². The summed E-state index contributed by atoms with van der Waals surface area (Å²) in [6, 6.07) is 7.91. The molecule has 4 aliphatic carbocycles. The van der Waals surface area contributed by atoms with E-state index < -0.39 is 10.0 Å². The van der Waals surface area contributed by atoms with Crippen molar-refractivity contribution in [1.82, 2.24) is 9.62 Å². The number of nitriles is 1. The van der Waals surface area contributed by atoms with Gasteiger partial charge in [0.05, 0.1) is 23.1 Å². The third-order valence-electron chi connectivity index (χ3n) is 6.61. The zero-order chi connectivity index (χ0) is 19.2. The van der Waals surface area contributed by atoms with E-state index in [0.29, 0.717) is 17.4 Å². The molecule has 27 heavy (non-hydrogen) atoms. The fourth-order valence-electron chi connectivity index (χ4n) is 5.56. The van der Waals surface area contributed by atoms with Gasteiger partial charge in [0.25, 0.3) is 0 Å². The number of carbonyl (C=O) groups excluding carboxylic acids is 1. The van der Waals surface area contributed by atoms with Gasteiger partial charge in [0, 0.05) is 13.1 Å². The molecule has 7 heteroatoms. The molecule has 144 valence electrons. The highest BCUT2D eigenvalue weighted by molar-refractivity contribution is 7.89. The van der Waals surface area contributed by atoms with Crippen LogP contribution in [0.5, 0.6) is 0 Å². The molecule has 0 radical (unpaired) electrons. The topological polar surface area (TPSA) is 90.3 Å². The lowest BCUT2D eigenvalue weighted by atomic mass is 9.54. The smallest absolute Gasteiger partial charge is 0.243 e. The van der Waals surface area contributed by atoms with Crippen molar-refractivity contribution in [3.05, 3.63) is 29.8 Å². The molecule has 0 atom stereocenters. The summed E-state index contributed by atoms with van der Waals surface area (Å²) in [5, 5.41) is 12.0. The zero-order valence-corrected chi connectivity index (χ0v) is 16.3. The van der Waals surface area contributed by atoms with Crippen molar-refractivity contribution in [2.24, 2.45) is 23.7 Å². The van der Waals surface area contributed by atoms with Crippen molar-refractivity contribution in [2.45, 2.75) is 43.0 Å². The van der Waals surface area contributed by atoms with Crippen LogP contribution in [0.15, 0.2) is 29.2 Å². The second kappa shape index (κ2) is 6.92. The molecule has 1 aromatic rings. The van der Waals surface area contributed by atoms with Crippen LogP contribution in [0.25, 0.3) is 0 Å². The quantitative estimate of drug-likeness (QED) is 0.838. The lowest BCUT2D eigenvalue weighted by Gasteiger charge is -2.54. The number of sulfonamides is 1. The lowest BCUT2D eigenvalue weighted by Crippen LogP contribution is -2.57. The first kappa shape index (κ1) is 18.5. The minimum Gasteiger partial charge on any atom is -0.352 e. The Balaban J connectivity index is 1.39. The maximum absolute atomic E-state index is 12.7. The van der Waals surface area contributed by atoms with Gasteiger partial charge in [0.2, 0.25) is 15.9 Å². The lowest BCUT2D eigenvalue weighted by molar-refractivity contribution is -0.125. The Morgan fingerprint density at radius 3 is 2.19 bits per heavy atom. The summed E-state index contributed by atoms with van der Waals surface area (Å²) in [6.07, 6.45) is 6.18. The molecule has 4 fully saturated rings. The van der Waals surface area contributed by atoms with Crippen molar-refractivity contribution in [3.8, 4) is 6.07 Å². The number of hydrogen-bond acceptors (Lipinski definition) is 4. The van der Waals surface area contributed by atoms with Gasteiger partial charge in [0.1, 0.15) is 0 Å². The van der Waals surface area contributed by atoms with Gasteiger partial charge in [-0.15, -0.1) is 0 Å². The first-order valence-electron chi connectivity index (χ1n) is 9.62. The molecule has 1 N–H and O–H groups in total. The molecule has 0 spiro atoms. The van der Waals surface area contributed by atoms with Crippen molar-refractivity contribution in [3.63, 3.8) is 0 Å². The maximum atomic E-state index is 12.7. The summed E-state index contributed by atoms with van der Waals surface area (Å²) in [7, 11) is -2.34. The largest absolute Gasteiger partial charge is 0.352 e. The van der Waals surface area contributed by atoms with Crippen LogP contribution in [0.3, 0.4) is 0 Å². The van der Waals surface area contributed by atoms with E-state index in [4.69, 9.17) is 5.26 Å². The summed E-state index contributed by atoms with van der Waals surface area (Å²) in [6.45, 7) is -0.189. The Kier molecular flexibility index (Phi) is 4.73. The molecule has 1 amide bonds. The number of benzene rings is 1. The van der Waals surface area contributed by atoms with Gasteiger partial charge in [-0.2, -0.15) is 9.57 Å². The summed E-state index contributed by atoms with van der Waals surface area (Å²) in [4.78, 5) is 12.7. The van der Waals surface area contributed by atoms with Crippen LogP contribution in [0.4, 0.5) is 0 Å².